The van der Waals surface area contributed by atoms with E-state index in [0.29, 0.717) is 13.0 Å². The molecule has 1 atom stereocenters. The normalized spacial score (nSPS) is 19.1. The van der Waals surface area contributed by atoms with Gasteiger partial charge in [-0.05, 0) is 30.9 Å². The van der Waals surface area contributed by atoms with Gasteiger partial charge in [-0.1, -0.05) is 6.07 Å². The Labute approximate surface area is 95.3 Å². The lowest BCUT2D eigenvalue weighted by atomic mass is 9.92. The van der Waals surface area contributed by atoms with Crippen molar-refractivity contribution in [1.29, 1.82) is 0 Å². The third kappa shape index (κ3) is 2.58. The average Bonchev–Trinajstić information content (AvgIpc) is 2.29. The van der Waals surface area contributed by atoms with Crippen LogP contribution in [0.4, 0.5) is 0 Å². The van der Waals surface area contributed by atoms with E-state index in [-0.39, 0.29) is 11.9 Å². The molecule has 0 unspecified atom stereocenters. The molecule has 3 N–H and O–H groups in total. The molecule has 1 aliphatic rings. The highest BCUT2D eigenvalue weighted by Gasteiger charge is 2.20. The Bertz CT molecular complexity index is 378. The SMILES string of the molecule is NC(=O)CCN[C@H]1CCCc2cccnc21. The number of carbonyl (C=O) groups is 1. The topological polar surface area (TPSA) is 68.0 Å². The fourth-order valence-electron chi connectivity index (χ4n) is 2.18. The average molecular weight is 219 g/mol. The van der Waals surface area contributed by atoms with Crippen LogP contribution in [0.5, 0.6) is 0 Å². The van der Waals surface area contributed by atoms with E-state index in [2.05, 4.69) is 16.4 Å². The number of aromatic nitrogens is 1. The van der Waals surface area contributed by atoms with Crippen molar-refractivity contribution in [2.45, 2.75) is 31.7 Å². The van der Waals surface area contributed by atoms with Gasteiger partial charge in [0.2, 0.25) is 5.91 Å². The Morgan fingerprint density at radius 1 is 1.62 bits per heavy atom. The number of aryl methyl sites for hydroxylation is 1. The molecule has 2 rings (SSSR count). The van der Waals surface area contributed by atoms with Crippen molar-refractivity contribution in [3.05, 3.63) is 29.6 Å². The Kier molecular flexibility index (Phi) is 3.51. The third-order valence-electron chi connectivity index (χ3n) is 2.96. The maximum absolute atomic E-state index is 10.7. The van der Waals surface area contributed by atoms with Crippen LogP contribution in [0.15, 0.2) is 18.3 Å². The van der Waals surface area contributed by atoms with Crippen LogP contribution < -0.4 is 11.1 Å². The van der Waals surface area contributed by atoms with E-state index >= 15 is 0 Å². The van der Waals surface area contributed by atoms with Crippen molar-refractivity contribution in [2.75, 3.05) is 6.54 Å². The molecule has 16 heavy (non-hydrogen) atoms. The predicted molar refractivity (Wildman–Crippen MR) is 61.7 cm³/mol. The summed E-state index contributed by atoms with van der Waals surface area (Å²) in [6.45, 7) is 0.635. The van der Waals surface area contributed by atoms with Gasteiger partial charge in [0.15, 0.2) is 0 Å². The fraction of sp³-hybridized carbons (Fsp3) is 0.500. The summed E-state index contributed by atoms with van der Waals surface area (Å²) in [5.41, 5.74) is 7.57. The van der Waals surface area contributed by atoms with Crippen LogP contribution >= 0.6 is 0 Å². The van der Waals surface area contributed by atoms with Gasteiger partial charge in [0.1, 0.15) is 0 Å². The number of carbonyl (C=O) groups excluding carboxylic acids is 1. The van der Waals surface area contributed by atoms with Gasteiger partial charge in [-0.15, -0.1) is 0 Å². The monoisotopic (exact) mass is 219 g/mol. The van der Waals surface area contributed by atoms with Gasteiger partial charge in [0.25, 0.3) is 0 Å². The van der Waals surface area contributed by atoms with Gasteiger partial charge in [0, 0.05) is 25.2 Å². The second-order valence-corrected chi connectivity index (χ2v) is 4.16. The minimum absolute atomic E-state index is 0.260. The lowest BCUT2D eigenvalue weighted by molar-refractivity contribution is -0.117. The lowest BCUT2D eigenvalue weighted by Crippen LogP contribution is -2.29. The molecule has 0 bridgehead atoms. The summed E-state index contributed by atoms with van der Waals surface area (Å²) in [5.74, 6) is -0.260. The summed E-state index contributed by atoms with van der Waals surface area (Å²) in [5, 5.41) is 3.35. The van der Waals surface area contributed by atoms with Crippen molar-refractivity contribution in [3.8, 4) is 0 Å². The molecule has 86 valence electrons. The largest absolute Gasteiger partial charge is 0.370 e. The predicted octanol–water partition coefficient (Wildman–Crippen LogP) is 0.924. The molecule has 0 saturated carbocycles. The van der Waals surface area contributed by atoms with Gasteiger partial charge in [0.05, 0.1) is 5.69 Å². The fourth-order valence-corrected chi connectivity index (χ4v) is 2.18. The number of amides is 1. The van der Waals surface area contributed by atoms with Crippen LogP contribution in [0.1, 0.15) is 36.6 Å². The first-order valence-electron chi connectivity index (χ1n) is 5.73. The van der Waals surface area contributed by atoms with Gasteiger partial charge in [-0.3, -0.25) is 9.78 Å². The van der Waals surface area contributed by atoms with Crippen LogP contribution in [0, 0.1) is 0 Å². The van der Waals surface area contributed by atoms with E-state index in [1.165, 1.54) is 12.0 Å². The maximum Gasteiger partial charge on any atom is 0.218 e. The molecule has 1 heterocycles. The molecule has 0 radical (unpaired) electrons. The van der Waals surface area contributed by atoms with E-state index in [4.69, 9.17) is 5.73 Å². The second kappa shape index (κ2) is 5.07. The van der Waals surface area contributed by atoms with E-state index in [1.807, 2.05) is 12.3 Å². The number of fused-ring (bicyclic) bond motifs is 1. The maximum atomic E-state index is 10.7. The van der Waals surface area contributed by atoms with Crippen molar-refractivity contribution in [2.24, 2.45) is 5.73 Å². The van der Waals surface area contributed by atoms with Gasteiger partial charge in [-0.25, -0.2) is 0 Å². The van der Waals surface area contributed by atoms with Gasteiger partial charge in [-0.2, -0.15) is 0 Å². The number of rotatable bonds is 4. The zero-order valence-corrected chi connectivity index (χ0v) is 9.28. The molecule has 1 aromatic heterocycles. The van der Waals surface area contributed by atoms with E-state index in [9.17, 15) is 4.79 Å². The number of nitrogens with one attached hydrogen (secondary N) is 1. The smallest absolute Gasteiger partial charge is 0.218 e. The first kappa shape index (κ1) is 11.1. The molecule has 0 aliphatic heterocycles. The zero-order chi connectivity index (χ0) is 11.4. The van der Waals surface area contributed by atoms with Crippen LogP contribution in [0.25, 0.3) is 0 Å². The molecule has 0 spiro atoms. The highest BCUT2D eigenvalue weighted by molar-refractivity contribution is 5.73. The highest BCUT2D eigenvalue weighted by Crippen LogP contribution is 2.27. The quantitative estimate of drug-likeness (QED) is 0.791. The number of primary amides is 1. The van der Waals surface area contributed by atoms with Crippen molar-refractivity contribution in [1.82, 2.24) is 10.3 Å². The van der Waals surface area contributed by atoms with Crippen molar-refractivity contribution < 1.29 is 4.79 Å². The molecular formula is C12H17N3O. The summed E-state index contributed by atoms with van der Waals surface area (Å²) in [6.07, 6.45) is 5.58. The third-order valence-corrected chi connectivity index (χ3v) is 2.96. The minimum Gasteiger partial charge on any atom is -0.370 e. The number of pyridine rings is 1. The lowest BCUT2D eigenvalue weighted by Gasteiger charge is -2.25. The number of nitrogens with two attached hydrogens (primary N) is 1. The molecule has 0 aromatic carbocycles. The molecule has 0 fully saturated rings. The number of nitrogens with zero attached hydrogens (tertiary/aromatic N) is 1. The van der Waals surface area contributed by atoms with E-state index < -0.39 is 0 Å². The van der Waals surface area contributed by atoms with Gasteiger partial charge >= 0.3 is 0 Å². The zero-order valence-electron chi connectivity index (χ0n) is 9.28. The summed E-state index contributed by atoms with van der Waals surface area (Å²) < 4.78 is 0. The molecule has 1 aliphatic carbocycles. The van der Waals surface area contributed by atoms with E-state index in [1.54, 1.807) is 0 Å². The van der Waals surface area contributed by atoms with Gasteiger partial charge < -0.3 is 11.1 Å². The first-order valence-corrected chi connectivity index (χ1v) is 5.73. The summed E-state index contributed by atoms with van der Waals surface area (Å²) >= 11 is 0. The van der Waals surface area contributed by atoms with Crippen LogP contribution in [0.2, 0.25) is 0 Å². The summed E-state index contributed by atoms with van der Waals surface area (Å²) in [7, 11) is 0. The number of hydrogen-bond donors (Lipinski definition) is 2. The molecule has 4 heteroatoms. The van der Waals surface area contributed by atoms with Crippen molar-refractivity contribution in [3.63, 3.8) is 0 Å². The van der Waals surface area contributed by atoms with Crippen LogP contribution in [0.3, 0.4) is 0 Å². The van der Waals surface area contributed by atoms with E-state index in [0.717, 1.165) is 18.5 Å². The Morgan fingerprint density at radius 2 is 2.50 bits per heavy atom. The molecule has 1 amide bonds. The van der Waals surface area contributed by atoms with Crippen LogP contribution in [-0.2, 0) is 11.2 Å². The Morgan fingerprint density at radius 3 is 3.31 bits per heavy atom. The molecule has 1 aromatic rings. The first-order chi connectivity index (χ1) is 7.77. The van der Waals surface area contributed by atoms with Crippen LogP contribution in [-0.4, -0.2) is 17.4 Å². The summed E-state index contributed by atoms with van der Waals surface area (Å²) in [6, 6.07) is 4.39. The number of hydrogen-bond acceptors (Lipinski definition) is 3. The minimum atomic E-state index is -0.260. The summed E-state index contributed by atoms with van der Waals surface area (Å²) in [4.78, 5) is 15.1. The molecule has 4 nitrogen and oxygen atoms in total. The standard InChI is InChI=1S/C12H17N3O/c13-11(16)6-8-14-10-5-1-3-9-4-2-7-15-12(9)10/h2,4,7,10,14H,1,3,5-6,8H2,(H2,13,16)/t10-/m0/s1. The van der Waals surface area contributed by atoms with Crippen molar-refractivity contribution >= 4 is 5.91 Å². The molecule has 0 saturated heterocycles. The molecular weight excluding hydrogens is 202 g/mol. The Balaban J connectivity index is 1.99. The highest BCUT2D eigenvalue weighted by atomic mass is 16.1. The second-order valence-electron chi connectivity index (χ2n) is 4.16. The Hall–Kier alpha value is -1.42.